The lowest BCUT2D eigenvalue weighted by atomic mass is 10.2. The number of aryl methyl sites for hydroxylation is 1. The minimum Gasteiger partial charge on any atom is -0.483 e. The molecule has 0 unspecified atom stereocenters. The van der Waals surface area contributed by atoms with Crippen molar-refractivity contribution in [2.75, 3.05) is 13.2 Å². The molecule has 0 atom stereocenters. The molecule has 1 aliphatic heterocycles. The van der Waals surface area contributed by atoms with Gasteiger partial charge >= 0.3 is 0 Å². The van der Waals surface area contributed by atoms with Crippen molar-refractivity contribution in [3.63, 3.8) is 0 Å². The third-order valence-electron chi connectivity index (χ3n) is 3.41. The van der Waals surface area contributed by atoms with Crippen LogP contribution in [0.25, 0.3) is 0 Å². The zero-order valence-electron chi connectivity index (χ0n) is 11.2. The minimum atomic E-state index is 0.0432. The van der Waals surface area contributed by atoms with E-state index in [1.807, 2.05) is 46.1 Å². The van der Waals surface area contributed by atoms with Gasteiger partial charge < -0.3 is 9.64 Å². The van der Waals surface area contributed by atoms with Crippen LogP contribution in [-0.4, -0.2) is 33.7 Å². The van der Waals surface area contributed by atoms with E-state index in [0.29, 0.717) is 6.54 Å². The van der Waals surface area contributed by atoms with E-state index in [-0.39, 0.29) is 12.5 Å². The fourth-order valence-corrected chi connectivity index (χ4v) is 2.36. The second kappa shape index (κ2) is 5.77. The van der Waals surface area contributed by atoms with E-state index in [1.54, 1.807) is 6.20 Å². The van der Waals surface area contributed by atoms with Gasteiger partial charge in [-0.05, 0) is 18.6 Å². The second-order valence-corrected chi connectivity index (χ2v) is 4.83. The molecule has 104 valence electrons. The van der Waals surface area contributed by atoms with Gasteiger partial charge in [0, 0.05) is 37.6 Å². The first-order valence-electron chi connectivity index (χ1n) is 6.79. The van der Waals surface area contributed by atoms with Crippen LogP contribution in [0.1, 0.15) is 12.0 Å². The van der Waals surface area contributed by atoms with Crippen LogP contribution >= 0.6 is 0 Å². The van der Waals surface area contributed by atoms with Crippen molar-refractivity contribution in [1.29, 1.82) is 0 Å². The molecule has 5 heteroatoms. The number of hydrogen-bond acceptors (Lipinski definition) is 3. The zero-order chi connectivity index (χ0) is 13.8. The summed E-state index contributed by atoms with van der Waals surface area (Å²) in [6.07, 6.45) is 4.58. The third-order valence-corrected chi connectivity index (χ3v) is 3.41. The molecule has 1 aliphatic rings. The maximum Gasteiger partial charge on any atom is 0.260 e. The van der Waals surface area contributed by atoms with E-state index in [2.05, 4.69) is 5.10 Å². The predicted octanol–water partition coefficient (Wildman–Crippen LogP) is 1.69. The zero-order valence-corrected chi connectivity index (χ0v) is 11.2. The van der Waals surface area contributed by atoms with Crippen LogP contribution in [0.3, 0.4) is 0 Å². The van der Waals surface area contributed by atoms with Crippen molar-refractivity contribution >= 4 is 5.91 Å². The van der Waals surface area contributed by atoms with Crippen LogP contribution in [0.2, 0.25) is 0 Å². The number of aromatic nitrogens is 2. The Kier molecular flexibility index (Phi) is 3.67. The van der Waals surface area contributed by atoms with E-state index in [0.717, 1.165) is 30.8 Å². The van der Waals surface area contributed by atoms with Crippen molar-refractivity contribution in [1.82, 2.24) is 14.7 Å². The molecular weight excluding hydrogens is 254 g/mol. The second-order valence-electron chi connectivity index (χ2n) is 4.83. The van der Waals surface area contributed by atoms with Crippen LogP contribution in [0.15, 0.2) is 42.7 Å². The lowest BCUT2D eigenvalue weighted by Crippen LogP contribution is -2.33. The van der Waals surface area contributed by atoms with Crippen LogP contribution in [0.5, 0.6) is 5.75 Å². The molecule has 0 bridgehead atoms. The molecule has 1 aromatic heterocycles. The SMILES string of the molecule is O=C1COc2ccccc2CN1CCCn1cccn1. The van der Waals surface area contributed by atoms with Crippen LogP contribution in [0.4, 0.5) is 0 Å². The normalized spacial score (nSPS) is 14.6. The molecule has 2 heterocycles. The number of rotatable bonds is 4. The van der Waals surface area contributed by atoms with Gasteiger partial charge in [0.2, 0.25) is 0 Å². The summed E-state index contributed by atoms with van der Waals surface area (Å²) < 4.78 is 7.42. The Morgan fingerprint density at radius 1 is 1.20 bits per heavy atom. The monoisotopic (exact) mass is 271 g/mol. The standard InChI is InChI=1S/C15H17N3O2/c19-15-12-20-14-6-2-1-5-13(14)11-17(15)8-4-10-18-9-3-7-16-18/h1-3,5-7,9H,4,8,10-12H2. The summed E-state index contributed by atoms with van der Waals surface area (Å²) >= 11 is 0. The Hall–Kier alpha value is -2.30. The van der Waals surface area contributed by atoms with Gasteiger partial charge in [-0.15, -0.1) is 0 Å². The molecule has 1 aromatic carbocycles. The summed E-state index contributed by atoms with van der Waals surface area (Å²) in [4.78, 5) is 13.9. The Bertz CT molecular complexity index is 581. The van der Waals surface area contributed by atoms with Crippen molar-refractivity contribution in [3.8, 4) is 5.75 Å². The molecule has 1 amide bonds. The summed E-state index contributed by atoms with van der Waals surface area (Å²) in [6.45, 7) is 2.28. The van der Waals surface area contributed by atoms with E-state index in [4.69, 9.17) is 4.74 Å². The van der Waals surface area contributed by atoms with Gasteiger partial charge in [0.05, 0.1) is 0 Å². The average Bonchev–Trinajstić information content (AvgIpc) is 2.92. The summed E-state index contributed by atoms with van der Waals surface area (Å²) in [7, 11) is 0. The highest BCUT2D eigenvalue weighted by Gasteiger charge is 2.20. The summed E-state index contributed by atoms with van der Waals surface area (Å²) in [5.74, 6) is 0.858. The molecule has 0 spiro atoms. The third kappa shape index (κ3) is 2.82. The minimum absolute atomic E-state index is 0.0432. The Morgan fingerprint density at radius 2 is 2.10 bits per heavy atom. The average molecular weight is 271 g/mol. The first-order valence-corrected chi connectivity index (χ1v) is 6.79. The fraction of sp³-hybridized carbons (Fsp3) is 0.333. The maximum atomic E-state index is 12.1. The van der Waals surface area contributed by atoms with Gasteiger partial charge in [0.1, 0.15) is 5.75 Å². The highest BCUT2D eigenvalue weighted by atomic mass is 16.5. The molecule has 0 saturated carbocycles. The van der Waals surface area contributed by atoms with Crippen LogP contribution < -0.4 is 4.74 Å². The quantitative estimate of drug-likeness (QED) is 0.850. The van der Waals surface area contributed by atoms with Crippen LogP contribution in [0, 0.1) is 0 Å². The molecule has 0 radical (unpaired) electrons. The van der Waals surface area contributed by atoms with Crippen molar-refractivity contribution in [2.45, 2.75) is 19.5 Å². The summed E-state index contributed by atoms with van der Waals surface area (Å²) in [5, 5.41) is 4.16. The van der Waals surface area contributed by atoms with Crippen molar-refractivity contribution < 1.29 is 9.53 Å². The predicted molar refractivity (Wildman–Crippen MR) is 74.2 cm³/mol. The number of carbonyl (C=O) groups is 1. The van der Waals surface area contributed by atoms with Crippen molar-refractivity contribution in [3.05, 3.63) is 48.3 Å². The molecule has 2 aromatic rings. The Balaban J connectivity index is 1.62. The van der Waals surface area contributed by atoms with Crippen molar-refractivity contribution in [2.24, 2.45) is 0 Å². The van der Waals surface area contributed by atoms with E-state index in [1.165, 1.54) is 0 Å². The molecule has 0 saturated heterocycles. The lowest BCUT2D eigenvalue weighted by Gasteiger charge is -2.19. The molecule has 0 aliphatic carbocycles. The highest BCUT2D eigenvalue weighted by molar-refractivity contribution is 5.78. The number of fused-ring (bicyclic) bond motifs is 1. The van der Waals surface area contributed by atoms with E-state index < -0.39 is 0 Å². The largest absolute Gasteiger partial charge is 0.483 e. The van der Waals surface area contributed by atoms with Crippen LogP contribution in [-0.2, 0) is 17.9 Å². The lowest BCUT2D eigenvalue weighted by molar-refractivity contribution is -0.133. The van der Waals surface area contributed by atoms with Gasteiger partial charge in [0.25, 0.3) is 5.91 Å². The molecule has 0 N–H and O–H groups in total. The molecule has 5 nitrogen and oxygen atoms in total. The summed E-state index contributed by atoms with van der Waals surface area (Å²) in [5.41, 5.74) is 1.07. The number of para-hydroxylation sites is 1. The fourth-order valence-electron chi connectivity index (χ4n) is 2.36. The Morgan fingerprint density at radius 3 is 2.95 bits per heavy atom. The van der Waals surface area contributed by atoms with E-state index in [9.17, 15) is 4.79 Å². The van der Waals surface area contributed by atoms with Gasteiger partial charge in [-0.2, -0.15) is 5.10 Å². The number of benzene rings is 1. The first-order chi connectivity index (χ1) is 9.83. The number of nitrogens with zero attached hydrogens (tertiary/aromatic N) is 3. The molecular formula is C15H17N3O2. The smallest absolute Gasteiger partial charge is 0.260 e. The molecule has 20 heavy (non-hydrogen) atoms. The van der Waals surface area contributed by atoms with Gasteiger partial charge in [-0.25, -0.2) is 0 Å². The molecule has 0 fully saturated rings. The molecule has 3 rings (SSSR count). The maximum absolute atomic E-state index is 12.1. The number of hydrogen-bond donors (Lipinski definition) is 0. The Labute approximate surface area is 117 Å². The highest BCUT2D eigenvalue weighted by Crippen LogP contribution is 2.22. The number of carbonyl (C=O) groups excluding carboxylic acids is 1. The van der Waals surface area contributed by atoms with E-state index >= 15 is 0 Å². The van der Waals surface area contributed by atoms with Gasteiger partial charge in [0.15, 0.2) is 6.61 Å². The topological polar surface area (TPSA) is 47.4 Å². The van der Waals surface area contributed by atoms with Gasteiger partial charge in [-0.1, -0.05) is 18.2 Å². The number of ether oxygens (including phenoxy) is 1. The first kappa shape index (κ1) is 12.7. The summed E-state index contributed by atoms with van der Waals surface area (Å²) in [6, 6.07) is 9.72. The number of amides is 1. The van der Waals surface area contributed by atoms with Gasteiger partial charge in [-0.3, -0.25) is 9.48 Å².